The van der Waals surface area contributed by atoms with E-state index in [0.29, 0.717) is 13.0 Å². The topological polar surface area (TPSA) is 46.5 Å². The largest absolute Gasteiger partial charge is 0.493 e. The first-order chi connectivity index (χ1) is 7.52. The van der Waals surface area contributed by atoms with E-state index in [9.17, 15) is 13.6 Å². The minimum Gasteiger partial charge on any atom is -0.493 e. The molecule has 1 aromatic rings. The minimum absolute atomic E-state index is 0.177. The van der Waals surface area contributed by atoms with Gasteiger partial charge in [0.1, 0.15) is 17.4 Å². The summed E-state index contributed by atoms with van der Waals surface area (Å²) in [5.41, 5.74) is -0.124. The van der Waals surface area contributed by atoms with Gasteiger partial charge in [0.25, 0.3) is 0 Å². The Bertz CT molecular complexity index is 457. The molecular formula is C11H10F2O3. The van der Waals surface area contributed by atoms with Gasteiger partial charge in [0.2, 0.25) is 0 Å². The smallest absolute Gasteiger partial charge is 0.310 e. The predicted molar refractivity (Wildman–Crippen MR) is 51.6 cm³/mol. The number of carbonyl (C=O) groups is 1. The van der Waals surface area contributed by atoms with Crippen molar-refractivity contribution in [2.45, 2.75) is 19.3 Å². The molecule has 0 amide bonds. The number of hydrogen-bond acceptors (Lipinski definition) is 2. The molecule has 86 valence electrons. The minimum atomic E-state index is -1.25. The van der Waals surface area contributed by atoms with Crippen molar-refractivity contribution in [1.82, 2.24) is 0 Å². The van der Waals surface area contributed by atoms with Crippen molar-refractivity contribution in [2.24, 2.45) is 0 Å². The van der Waals surface area contributed by atoms with E-state index in [1.165, 1.54) is 6.92 Å². The van der Waals surface area contributed by atoms with Crippen LogP contribution in [0.25, 0.3) is 0 Å². The zero-order valence-electron chi connectivity index (χ0n) is 8.59. The molecule has 0 bridgehead atoms. The molecule has 0 aliphatic carbocycles. The zero-order chi connectivity index (χ0) is 11.9. The number of carboxylic acids is 1. The monoisotopic (exact) mass is 228 g/mol. The van der Waals surface area contributed by atoms with E-state index in [-0.39, 0.29) is 11.3 Å². The summed E-state index contributed by atoms with van der Waals surface area (Å²) in [6, 6.07) is 1.06. The number of benzene rings is 1. The van der Waals surface area contributed by atoms with Gasteiger partial charge in [0.05, 0.1) is 12.5 Å². The summed E-state index contributed by atoms with van der Waals surface area (Å²) in [7, 11) is 0. The molecule has 1 aromatic carbocycles. The number of fused-ring (bicyclic) bond motifs is 1. The van der Waals surface area contributed by atoms with Crippen molar-refractivity contribution in [3.63, 3.8) is 0 Å². The summed E-state index contributed by atoms with van der Waals surface area (Å²) in [5, 5.41) is 8.77. The van der Waals surface area contributed by atoms with Gasteiger partial charge in [-0.25, -0.2) is 8.78 Å². The second kappa shape index (κ2) is 3.73. The van der Waals surface area contributed by atoms with Crippen molar-refractivity contribution in [3.8, 4) is 5.75 Å². The summed E-state index contributed by atoms with van der Waals surface area (Å²) >= 11 is 0. The molecule has 0 fully saturated rings. The Morgan fingerprint density at radius 1 is 1.56 bits per heavy atom. The molecule has 2 rings (SSSR count). The molecule has 0 radical (unpaired) electrons. The number of aliphatic carboxylic acids is 1. The Kier molecular flexibility index (Phi) is 2.53. The summed E-state index contributed by atoms with van der Waals surface area (Å²) < 4.78 is 32.4. The lowest BCUT2D eigenvalue weighted by Crippen LogP contribution is -2.12. The van der Waals surface area contributed by atoms with Crippen LogP contribution in [0, 0.1) is 11.6 Å². The number of carboxylic acid groups (broad SMARTS) is 1. The van der Waals surface area contributed by atoms with Gasteiger partial charge in [-0.3, -0.25) is 4.79 Å². The van der Waals surface area contributed by atoms with Crippen LogP contribution in [0.5, 0.6) is 5.75 Å². The summed E-state index contributed by atoms with van der Waals surface area (Å²) in [6.07, 6.45) is 0.348. The first-order valence-electron chi connectivity index (χ1n) is 4.88. The highest BCUT2D eigenvalue weighted by Gasteiger charge is 2.28. The first kappa shape index (κ1) is 10.9. The molecule has 3 nitrogen and oxygen atoms in total. The average molecular weight is 228 g/mol. The standard InChI is InChI=1S/C11H10F2O3/c1-5(11(14)15)9-7(12)4-8-6(10(9)13)2-3-16-8/h4-5H,2-3H2,1H3,(H,14,15). The number of halogens is 2. The number of rotatable bonds is 2. The van der Waals surface area contributed by atoms with Crippen LogP contribution in [0.4, 0.5) is 8.78 Å². The Labute approximate surface area is 90.7 Å². The SMILES string of the molecule is CC(C(=O)O)c1c(F)cc2c(c1F)CCO2. The van der Waals surface area contributed by atoms with Crippen molar-refractivity contribution >= 4 is 5.97 Å². The maximum absolute atomic E-state index is 13.9. The van der Waals surface area contributed by atoms with Crippen LogP contribution in [-0.2, 0) is 11.2 Å². The van der Waals surface area contributed by atoms with Crippen molar-refractivity contribution in [3.05, 3.63) is 28.8 Å². The highest BCUT2D eigenvalue weighted by Crippen LogP contribution is 2.34. The molecule has 16 heavy (non-hydrogen) atoms. The van der Waals surface area contributed by atoms with Crippen LogP contribution < -0.4 is 4.74 Å². The molecule has 0 saturated carbocycles. The van der Waals surface area contributed by atoms with Gasteiger partial charge in [-0.15, -0.1) is 0 Å². The maximum atomic E-state index is 13.9. The van der Waals surface area contributed by atoms with Crippen LogP contribution in [0.1, 0.15) is 24.0 Å². The Balaban J connectivity index is 2.58. The van der Waals surface area contributed by atoms with Crippen molar-refractivity contribution in [1.29, 1.82) is 0 Å². The van der Waals surface area contributed by atoms with Crippen LogP contribution in [-0.4, -0.2) is 17.7 Å². The van der Waals surface area contributed by atoms with Gasteiger partial charge in [-0.1, -0.05) is 0 Å². The van der Waals surface area contributed by atoms with Gasteiger partial charge >= 0.3 is 5.97 Å². The maximum Gasteiger partial charge on any atom is 0.310 e. The molecule has 1 aliphatic rings. The van der Waals surface area contributed by atoms with E-state index < -0.39 is 29.1 Å². The van der Waals surface area contributed by atoms with E-state index in [0.717, 1.165) is 6.07 Å². The molecular weight excluding hydrogens is 218 g/mol. The summed E-state index contributed by atoms with van der Waals surface area (Å²) in [5.74, 6) is -3.94. The third-order valence-electron chi connectivity index (χ3n) is 2.73. The van der Waals surface area contributed by atoms with E-state index >= 15 is 0 Å². The molecule has 1 unspecified atom stereocenters. The Morgan fingerprint density at radius 3 is 2.88 bits per heavy atom. The van der Waals surface area contributed by atoms with Gasteiger partial charge in [-0.05, 0) is 6.92 Å². The third-order valence-corrected chi connectivity index (χ3v) is 2.73. The zero-order valence-corrected chi connectivity index (χ0v) is 8.59. The van der Waals surface area contributed by atoms with Crippen LogP contribution in [0.15, 0.2) is 6.07 Å². The molecule has 0 saturated heterocycles. The van der Waals surface area contributed by atoms with Crippen molar-refractivity contribution < 1.29 is 23.4 Å². The summed E-state index contributed by atoms with van der Waals surface area (Å²) in [6.45, 7) is 1.56. The molecule has 0 spiro atoms. The van der Waals surface area contributed by atoms with Crippen LogP contribution in [0.2, 0.25) is 0 Å². The Hall–Kier alpha value is -1.65. The lowest BCUT2D eigenvalue weighted by atomic mass is 9.96. The lowest BCUT2D eigenvalue weighted by molar-refractivity contribution is -0.138. The number of ether oxygens (including phenoxy) is 1. The van der Waals surface area contributed by atoms with E-state index in [1.807, 2.05) is 0 Å². The highest BCUT2D eigenvalue weighted by atomic mass is 19.1. The summed E-state index contributed by atoms with van der Waals surface area (Å²) in [4.78, 5) is 10.7. The second-order valence-electron chi connectivity index (χ2n) is 3.72. The fourth-order valence-corrected chi connectivity index (χ4v) is 1.80. The number of hydrogen-bond donors (Lipinski definition) is 1. The fourth-order valence-electron chi connectivity index (χ4n) is 1.80. The van der Waals surface area contributed by atoms with Gasteiger partial charge in [-0.2, -0.15) is 0 Å². The van der Waals surface area contributed by atoms with E-state index in [2.05, 4.69) is 0 Å². The molecule has 1 heterocycles. The molecule has 0 aromatic heterocycles. The fraction of sp³-hybridized carbons (Fsp3) is 0.364. The molecule has 1 aliphatic heterocycles. The van der Waals surface area contributed by atoms with Crippen LogP contribution in [0.3, 0.4) is 0 Å². The van der Waals surface area contributed by atoms with Crippen molar-refractivity contribution in [2.75, 3.05) is 6.61 Å². The second-order valence-corrected chi connectivity index (χ2v) is 3.72. The lowest BCUT2D eigenvalue weighted by Gasteiger charge is -2.11. The van der Waals surface area contributed by atoms with Crippen LogP contribution >= 0.6 is 0 Å². The van der Waals surface area contributed by atoms with E-state index in [4.69, 9.17) is 9.84 Å². The Morgan fingerprint density at radius 2 is 2.25 bits per heavy atom. The molecule has 1 atom stereocenters. The average Bonchev–Trinajstić information content (AvgIpc) is 2.65. The van der Waals surface area contributed by atoms with Gasteiger partial charge in [0, 0.05) is 23.6 Å². The third kappa shape index (κ3) is 1.52. The predicted octanol–water partition coefficient (Wildman–Crippen LogP) is 2.09. The van der Waals surface area contributed by atoms with E-state index in [1.54, 1.807) is 0 Å². The van der Waals surface area contributed by atoms with Gasteiger partial charge in [0.15, 0.2) is 0 Å². The highest BCUT2D eigenvalue weighted by molar-refractivity contribution is 5.76. The molecule has 5 heteroatoms. The first-order valence-corrected chi connectivity index (χ1v) is 4.88. The quantitative estimate of drug-likeness (QED) is 0.843. The molecule has 1 N–H and O–H groups in total. The van der Waals surface area contributed by atoms with Gasteiger partial charge < -0.3 is 9.84 Å². The normalized spacial score (nSPS) is 15.4.